The normalized spacial score (nSPS) is 11.2. The van der Waals surface area contributed by atoms with Crippen LogP contribution in [0, 0.1) is 16.9 Å². The summed E-state index contributed by atoms with van der Waals surface area (Å²) in [6.45, 7) is 0.338. The zero-order valence-corrected chi connectivity index (χ0v) is 18.9. The van der Waals surface area contributed by atoms with Gasteiger partial charge < -0.3 is 20.7 Å². The lowest BCUT2D eigenvalue weighted by molar-refractivity contribution is -0.274. The van der Waals surface area contributed by atoms with Gasteiger partial charge in [-0.05, 0) is 49.1 Å². The summed E-state index contributed by atoms with van der Waals surface area (Å²) in [5.41, 5.74) is 7.89. The lowest BCUT2D eigenvalue weighted by Gasteiger charge is -2.10. The van der Waals surface area contributed by atoms with E-state index < -0.39 is 23.9 Å². The molecule has 4 N–H and O–H groups in total. The number of alkyl halides is 3. The summed E-state index contributed by atoms with van der Waals surface area (Å²) in [4.78, 5) is 23.8. The smallest absolute Gasteiger partial charge is 0.406 e. The van der Waals surface area contributed by atoms with Gasteiger partial charge in [-0.3, -0.25) is 9.59 Å². The molecule has 0 atom stereocenters. The average molecular weight is 504 g/mol. The molecule has 0 saturated carbocycles. The van der Waals surface area contributed by atoms with Gasteiger partial charge in [-0.2, -0.15) is 15.5 Å². The maximum atomic E-state index is 12.3. The van der Waals surface area contributed by atoms with E-state index in [1.165, 1.54) is 18.3 Å². The summed E-state index contributed by atoms with van der Waals surface area (Å²) in [5, 5.41) is 27.2. The van der Waals surface area contributed by atoms with Crippen molar-refractivity contribution in [2.75, 3.05) is 18.4 Å². The Kier molecular flexibility index (Phi) is 10.8. The van der Waals surface area contributed by atoms with E-state index >= 15 is 0 Å². The van der Waals surface area contributed by atoms with Crippen molar-refractivity contribution in [3.8, 4) is 11.8 Å². The second kappa shape index (κ2) is 14.0. The maximum absolute atomic E-state index is 12.3. The number of anilines is 1. The summed E-state index contributed by atoms with van der Waals surface area (Å²) in [6, 6.07) is 10.2. The van der Waals surface area contributed by atoms with E-state index in [2.05, 4.69) is 36.0 Å². The summed E-state index contributed by atoms with van der Waals surface area (Å²) in [5.74, 6) is -1.29. The zero-order valence-electron chi connectivity index (χ0n) is 18.9. The third kappa shape index (κ3) is 10.6. The van der Waals surface area contributed by atoms with Crippen LogP contribution in [0.15, 0.2) is 53.4 Å². The molecule has 1 aromatic carbocycles. The van der Waals surface area contributed by atoms with Crippen molar-refractivity contribution in [3.63, 3.8) is 0 Å². The molecule has 2 rings (SSSR count). The number of unbranched alkanes of at least 4 members (excludes halogenated alkanes) is 1. The van der Waals surface area contributed by atoms with E-state index in [1.807, 2.05) is 0 Å². The molecule has 0 fully saturated rings. The van der Waals surface area contributed by atoms with Gasteiger partial charge in [0, 0.05) is 12.7 Å². The molecule has 2 aromatic rings. The molecular formula is C22H23F3N8O3. The second-order valence-corrected chi connectivity index (χ2v) is 7.22. The Balaban J connectivity index is 1.73. The summed E-state index contributed by atoms with van der Waals surface area (Å²) in [6.07, 6.45) is -1.61. The summed E-state index contributed by atoms with van der Waals surface area (Å²) < 4.78 is 40.9. The predicted molar refractivity (Wildman–Crippen MR) is 120 cm³/mol. The third-order valence-electron chi connectivity index (χ3n) is 4.41. The molecule has 11 nitrogen and oxygen atoms in total. The predicted octanol–water partition coefficient (Wildman–Crippen LogP) is 2.98. The van der Waals surface area contributed by atoms with Crippen LogP contribution in [0.1, 0.15) is 24.1 Å². The van der Waals surface area contributed by atoms with E-state index in [1.54, 1.807) is 18.2 Å². The summed E-state index contributed by atoms with van der Waals surface area (Å²) >= 11 is 0. The minimum Gasteiger partial charge on any atom is -0.406 e. The minimum atomic E-state index is -4.81. The molecule has 0 spiro atoms. The van der Waals surface area contributed by atoms with E-state index in [4.69, 9.17) is 10.8 Å². The van der Waals surface area contributed by atoms with Crippen LogP contribution < -0.4 is 20.7 Å². The van der Waals surface area contributed by atoms with Crippen LogP contribution in [0.4, 0.5) is 19.0 Å². The first-order chi connectivity index (χ1) is 17.2. The monoisotopic (exact) mass is 504 g/mol. The largest absolute Gasteiger partial charge is 0.573 e. The number of hydrogen-bond acceptors (Lipinski definition) is 9. The topological polar surface area (TPSA) is 165 Å². The fraction of sp³-hybridized carbons (Fsp3) is 0.318. The van der Waals surface area contributed by atoms with Crippen LogP contribution in [0.2, 0.25) is 0 Å². The first-order valence-corrected chi connectivity index (χ1v) is 10.6. The molecule has 0 radical (unpaired) electrons. The van der Waals surface area contributed by atoms with Crippen LogP contribution in [-0.4, -0.2) is 41.5 Å². The fourth-order valence-corrected chi connectivity index (χ4v) is 2.85. The molecular weight excluding hydrogens is 481 g/mol. The highest BCUT2D eigenvalue weighted by molar-refractivity contribution is 5.92. The number of ether oxygens (including phenoxy) is 1. The number of halogens is 3. The van der Waals surface area contributed by atoms with Crippen molar-refractivity contribution in [1.29, 1.82) is 10.8 Å². The van der Waals surface area contributed by atoms with E-state index in [9.17, 15) is 22.8 Å². The number of carbonyl (C=O) groups excluding carboxylic acids is 2. The number of carbonyl (C=O) groups is 2. The minimum absolute atomic E-state index is 0.143. The van der Waals surface area contributed by atoms with Gasteiger partial charge in [-0.15, -0.1) is 18.3 Å². The number of aryl methyl sites for hydroxylation is 1. The second-order valence-electron chi connectivity index (χ2n) is 7.22. The molecule has 0 aliphatic carbocycles. The van der Waals surface area contributed by atoms with Crippen LogP contribution in [-0.2, 0) is 22.4 Å². The van der Waals surface area contributed by atoms with Gasteiger partial charge in [0.15, 0.2) is 11.5 Å². The molecule has 36 heavy (non-hydrogen) atoms. The van der Waals surface area contributed by atoms with Crippen molar-refractivity contribution in [2.45, 2.75) is 32.0 Å². The number of benzene rings is 1. The lowest BCUT2D eigenvalue weighted by Crippen LogP contribution is -2.25. The van der Waals surface area contributed by atoms with Crippen LogP contribution in [0.5, 0.6) is 5.75 Å². The molecule has 1 aromatic heterocycles. The number of nitriles is 1. The van der Waals surface area contributed by atoms with Crippen molar-refractivity contribution >= 4 is 17.6 Å². The van der Waals surface area contributed by atoms with Gasteiger partial charge in [-0.1, -0.05) is 12.1 Å². The van der Waals surface area contributed by atoms with Gasteiger partial charge in [0.05, 0.1) is 18.2 Å². The highest BCUT2D eigenvalue weighted by atomic mass is 19.4. The standard InChI is InChI=1S/C22H23F3N8O3/c23-22(24,25)36-17-6-3-4-15(12-17)13-20(34)30-19-8-7-16(32-33-19)5-1-2-10-28-14-18(31-27)21(35)29-11-9-26/h3-4,6-8,12,14,27-28H,1-2,5,10-11,13H2,(H,29,35)(H,30,33,34)/b18-14-,31-27?. The number of hydrogen-bond donors (Lipinski definition) is 4. The first-order valence-electron chi connectivity index (χ1n) is 10.6. The van der Waals surface area contributed by atoms with Gasteiger partial charge in [0.1, 0.15) is 12.3 Å². The SMILES string of the molecule is N#CCNC(=O)/C(=C/NCCCCc1ccc(NC(=O)Cc2cccc(OC(F)(F)F)c2)nn1)N=N. The van der Waals surface area contributed by atoms with Crippen LogP contribution in [0.25, 0.3) is 0 Å². The van der Waals surface area contributed by atoms with Crippen molar-refractivity contribution < 1.29 is 27.5 Å². The molecule has 0 bridgehead atoms. The number of amides is 2. The Morgan fingerprint density at radius 2 is 2.00 bits per heavy atom. The Bertz CT molecular complexity index is 1110. The molecule has 1 heterocycles. The number of aromatic nitrogens is 2. The van der Waals surface area contributed by atoms with Gasteiger partial charge >= 0.3 is 6.36 Å². The molecule has 190 valence electrons. The highest BCUT2D eigenvalue weighted by Gasteiger charge is 2.31. The molecule has 2 amide bonds. The van der Waals surface area contributed by atoms with E-state index in [0.29, 0.717) is 24.2 Å². The maximum Gasteiger partial charge on any atom is 0.573 e. The van der Waals surface area contributed by atoms with Gasteiger partial charge in [-0.25, -0.2) is 5.53 Å². The van der Waals surface area contributed by atoms with Gasteiger partial charge in [0.2, 0.25) is 5.91 Å². The Morgan fingerprint density at radius 3 is 2.67 bits per heavy atom. The van der Waals surface area contributed by atoms with Crippen molar-refractivity contribution in [2.24, 2.45) is 5.11 Å². The van der Waals surface area contributed by atoms with Gasteiger partial charge in [0.25, 0.3) is 5.91 Å². The van der Waals surface area contributed by atoms with Crippen molar-refractivity contribution in [1.82, 2.24) is 20.8 Å². The van der Waals surface area contributed by atoms with Crippen LogP contribution in [0.3, 0.4) is 0 Å². The highest BCUT2D eigenvalue weighted by Crippen LogP contribution is 2.23. The quantitative estimate of drug-likeness (QED) is 0.141. The van der Waals surface area contributed by atoms with Crippen LogP contribution >= 0.6 is 0 Å². The lowest BCUT2D eigenvalue weighted by atomic mass is 10.1. The van der Waals surface area contributed by atoms with E-state index in [0.717, 1.165) is 25.0 Å². The fourth-order valence-electron chi connectivity index (χ4n) is 2.85. The number of nitrogens with one attached hydrogen (secondary N) is 4. The zero-order chi connectivity index (χ0) is 26.4. The molecule has 0 aliphatic rings. The van der Waals surface area contributed by atoms with E-state index in [-0.39, 0.29) is 24.5 Å². The summed E-state index contributed by atoms with van der Waals surface area (Å²) in [7, 11) is 0. The number of nitrogens with zero attached hydrogens (tertiary/aromatic N) is 4. The third-order valence-corrected chi connectivity index (χ3v) is 4.41. The Labute approximate surface area is 204 Å². The number of rotatable bonds is 13. The first kappa shape index (κ1) is 27.7. The molecule has 0 unspecified atom stereocenters. The molecule has 0 aliphatic heterocycles. The molecule has 14 heteroatoms. The Hall–Kier alpha value is -4.54. The van der Waals surface area contributed by atoms with Crippen molar-refractivity contribution in [3.05, 3.63) is 59.6 Å². The average Bonchev–Trinajstić information content (AvgIpc) is 2.82. The molecule has 0 saturated heterocycles. The Morgan fingerprint density at radius 1 is 1.19 bits per heavy atom.